The number of rotatable bonds is 7. The molecule has 3 rings (SSSR count). The van der Waals surface area contributed by atoms with Crippen LogP contribution in [0.4, 0.5) is 0 Å². The summed E-state index contributed by atoms with van der Waals surface area (Å²) in [5.74, 6) is 0.908. The normalized spacial score (nSPS) is 23.4. The van der Waals surface area contributed by atoms with Crippen LogP contribution in [0.1, 0.15) is 82.1 Å². The van der Waals surface area contributed by atoms with Gasteiger partial charge in [0.1, 0.15) is 5.75 Å². The van der Waals surface area contributed by atoms with Crippen molar-refractivity contribution in [2.75, 3.05) is 19.3 Å². The molecular formula is C28H47N3O7S. The van der Waals surface area contributed by atoms with Gasteiger partial charge in [-0.3, -0.25) is 19.0 Å². The molecule has 0 aromatic heterocycles. The van der Waals surface area contributed by atoms with Crippen molar-refractivity contribution in [3.05, 3.63) is 29.3 Å². The lowest BCUT2D eigenvalue weighted by molar-refractivity contribution is -0.132. The van der Waals surface area contributed by atoms with E-state index in [-0.39, 0.29) is 29.1 Å². The summed E-state index contributed by atoms with van der Waals surface area (Å²) in [7, 11) is -3.67. The van der Waals surface area contributed by atoms with Crippen LogP contribution < -0.4 is 10.6 Å². The second-order valence-corrected chi connectivity index (χ2v) is 13.5. The van der Waals surface area contributed by atoms with E-state index >= 15 is 0 Å². The molecule has 10 nitrogen and oxygen atoms in total. The van der Waals surface area contributed by atoms with Gasteiger partial charge in [0.2, 0.25) is 5.91 Å². The Labute approximate surface area is 233 Å². The van der Waals surface area contributed by atoms with E-state index in [0.29, 0.717) is 42.2 Å². The molecule has 222 valence electrons. The average Bonchev–Trinajstić information content (AvgIpc) is 2.81. The smallest absolute Gasteiger partial charge is 0.261 e. The molecule has 1 aromatic rings. The molecule has 1 heterocycles. The highest BCUT2D eigenvalue weighted by molar-refractivity contribution is 7.85. The van der Waals surface area contributed by atoms with Gasteiger partial charge in [-0.25, -0.2) is 0 Å². The summed E-state index contributed by atoms with van der Waals surface area (Å²) in [5.41, 5.74) is 0.600. The minimum atomic E-state index is -3.67. The Morgan fingerprint density at radius 1 is 1.15 bits per heavy atom. The van der Waals surface area contributed by atoms with Gasteiger partial charge < -0.3 is 20.8 Å². The predicted molar refractivity (Wildman–Crippen MR) is 151 cm³/mol. The number of aliphatic hydroxyl groups is 1. The second-order valence-electron chi connectivity index (χ2n) is 12.0. The van der Waals surface area contributed by atoms with Gasteiger partial charge in [0.25, 0.3) is 16.0 Å². The number of likely N-dealkylation sites (tertiary alicyclic amines) is 1. The maximum absolute atomic E-state index is 13.2. The topological polar surface area (TPSA) is 156 Å². The molecular weight excluding hydrogens is 522 g/mol. The number of benzene rings is 1. The summed E-state index contributed by atoms with van der Waals surface area (Å²) in [6.45, 7) is 10.7. The van der Waals surface area contributed by atoms with Crippen molar-refractivity contribution in [2.24, 2.45) is 11.8 Å². The maximum Gasteiger partial charge on any atom is 0.261 e. The number of fused-ring (bicyclic) bond motifs is 1. The van der Waals surface area contributed by atoms with Crippen LogP contribution in [0, 0.1) is 18.8 Å². The molecule has 0 bridgehead atoms. The fourth-order valence-electron chi connectivity index (χ4n) is 5.58. The van der Waals surface area contributed by atoms with Crippen LogP contribution in [-0.2, 0) is 14.9 Å². The predicted octanol–water partition coefficient (Wildman–Crippen LogP) is 2.87. The molecule has 39 heavy (non-hydrogen) atoms. The standard InChI is InChI=1S/C27H43N3O4.CH4O3S/c1-6-21(28-25(33)20-12-9-13-23(31)17(20)2)24(32)16-30-15-19-11-8-7-10-18(19)14-22(30)26(34)29-27(3,4)5;1-5(2,3)4/h9,12-13,18-19,21-22,24,31-32H,6-8,10-11,14-16H2,1-5H3,(H,28,33)(H,29,34);1H3,(H,2,3,4). The third kappa shape index (κ3) is 10.7. The van der Waals surface area contributed by atoms with Crippen molar-refractivity contribution in [1.82, 2.24) is 15.5 Å². The van der Waals surface area contributed by atoms with E-state index in [1.807, 2.05) is 27.7 Å². The quantitative estimate of drug-likeness (QED) is 0.314. The van der Waals surface area contributed by atoms with E-state index in [1.165, 1.54) is 25.7 Å². The minimum Gasteiger partial charge on any atom is -0.508 e. The van der Waals surface area contributed by atoms with Gasteiger partial charge in [-0.2, -0.15) is 8.42 Å². The van der Waals surface area contributed by atoms with Crippen molar-refractivity contribution in [3.63, 3.8) is 0 Å². The largest absolute Gasteiger partial charge is 0.508 e. The van der Waals surface area contributed by atoms with Gasteiger partial charge in [-0.1, -0.05) is 32.3 Å². The molecule has 1 aliphatic carbocycles. The minimum absolute atomic E-state index is 0.0243. The first kappa shape index (κ1) is 33.0. The number of carbonyl (C=O) groups excluding carboxylic acids is 2. The number of aliphatic hydroxyl groups excluding tert-OH is 1. The van der Waals surface area contributed by atoms with E-state index in [2.05, 4.69) is 15.5 Å². The van der Waals surface area contributed by atoms with Crippen molar-refractivity contribution in [1.29, 1.82) is 0 Å². The number of phenols is 1. The molecule has 5 unspecified atom stereocenters. The first-order valence-corrected chi connectivity index (χ1v) is 15.6. The van der Waals surface area contributed by atoms with E-state index in [9.17, 15) is 28.2 Å². The number of piperidine rings is 1. The van der Waals surface area contributed by atoms with Gasteiger partial charge in [0.15, 0.2) is 0 Å². The van der Waals surface area contributed by atoms with Crippen LogP contribution in [0.3, 0.4) is 0 Å². The molecule has 1 saturated heterocycles. The third-order valence-corrected chi connectivity index (χ3v) is 7.50. The Morgan fingerprint density at radius 2 is 1.74 bits per heavy atom. The number of phenolic OH excluding ortho intramolecular Hbond substituents is 1. The molecule has 1 aliphatic heterocycles. The number of aromatic hydroxyl groups is 1. The highest BCUT2D eigenvalue weighted by Crippen LogP contribution is 2.39. The van der Waals surface area contributed by atoms with E-state index in [4.69, 9.17) is 4.55 Å². The SMILES string of the molecule is CCC(NC(=O)c1cccc(O)c1C)C(O)CN1CC2CCCCC2CC1C(=O)NC(C)(C)C.CS(=O)(=O)O. The summed E-state index contributed by atoms with van der Waals surface area (Å²) in [5, 5.41) is 27.2. The Balaban J connectivity index is 0.000000976. The van der Waals surface area contributed by atoms with E-state index < -0.39 is 22.3 Å². The van der Waals surface area contributed by atoms with Crippen molar-refractivity contribution < 1.29 is 32.8 Å². The van der Waals surface area contributed by atoms with Gasteiger partial charge >= 0.3 is 0 Å². The zero-order valence-corrected chi connectivity index (χ0v) is 24.9. The molecule has 2 aliphatic rings. The molecule has 2 fully saturated rings. The third-order valence-electron chi connectivity index (χ3n) is 7.50. The lowest BCUT2D eigenvalue weighted by Gasteiger charge is -2.47. The van der Waals surface area contributed by atoms with Crippen LogP contribution in [0.2, 0.25) is 0 Å². The fourth-order valence-corrected chi connectivity index (χ4v) is 5.58. The van der Waals surface area contributed by atoms with E-state index in [1.54, 1.807) is 25.1 Å². The zero-order chi connectivity index (χ0) is 29.5. The van der Waals surface area contributed by atoms with Crippen LogP contribution in [-0.4, -0.2) is 83.0 Å². The second kappa shape index (κ2) is 13.9. The van der Waals surface area contributed by atoms with Crippen molar-refractivity contribution in [3.8, 4) is 5.75 Å². The average molecular weight is 570 g/mol. The monoisotopic (exact) mass is 569 g/mol. The highest BCUT2D eigenvalue weighted by Gasteiger charge is 2.41. The first-order valence-electron chi connectivity index (χ1n) is 13.8. The molecule has 0 radical (unpaired) electrons. The lowest BCUT2D eigenvalue weighted by Crippen LogP contribution is -2.60. The summed E-state index contributed by atoms with van der Waals surface area (Å²) in [6, 6.07) is 4.14. The molecule has 5 N–H and O–H groups in total. The van der Waals surface area contributed by atoms with Crippen LogP contribution in [0.25, 0.3) is 0 Å². The lowest BCUT2D eigenvalue weighted by atomic mass is 9.72. The number of nitrogens with zero attached hydrogens (tertiary/aromatic N) is 1. The first-order chi connectivity index (χ1) is 18.0. The van der Waals surface area contributed by atoms with Gasteiger partial charge in [-0.15, -0.1) is 0 Å². The summed E-state index contributed by atoms with van der Waals surface area (Å²) >= 11 is 0. The number of β-amino-alcohol motifs (C(OH)–C–C–N with tert-alkyl or cyclic N) is 1. The van der Waals surface area contributed by atoms with Gasteiger partial charge in [-0.05, 0) is 70.9 Å². The highest BCUT2D eigenvalue weighted by atomic mass is 32.2. The van der Waals surface area contributed by atoms with Crippen molar-refractivity contribution in [2.45, 2.75) is 96.9 Å². The summed E-state index contributed by atoms with van der Waals surface area (Å²) in [4.78, 5) is 28.3. The molecule has 0 spiro atoms. The number of carbonyl (C=O) groups is 2. The molecule has 5 atom stereocenters. The molecule has 1 aromatic carbocycles. The summed E-state index contributed by atoms with van der Waals surface area (Å²) < 4.78 is 25.9. The van der Waals surface area contributed by atoms with Gasteiger partial charge in [0, 0.05) is 29.8 Å². The zero-order valence-electron chi connectivity index (χ0n) is 24.1. The molecule has 11 heteroatoms. The van der Waals surface area contributed by atoms with Crippen molar-refractivity contribution >= 4 is 21.9 Å². The number of hydrogen-bond acceptors (Lipinski definition) is 7. The fraction of sp³-hybridized carbons (Fsp3) is 0.714. The van der Waals surface area contributed by atoms with Crippen LogP contribution in [0.5, 0.6) is 5.75 Å². The number of amides is 2. The van der Waals surface area contributed by atoms with Crippen LogP contribution >= 0.6 is 0 Å². The van der Waals surface area contributed by atoms with Crippen LogP contribution in [0.15, 0.2) is 18.2 Å². The van der Waals surface area contributed by atoms with E-state index in [0.717, 1.165) is 13.0 Å². The Kier molecular flexibility index (Phi) is 11.8. The maximum atomic E-state index is 13.2. The number of nitrogens with one attached hydrogen (secondary N) is 2. The Morgan fingerprint density at radius 3 is 2.31 bits per heavy atom. The van der Waals surface area contributed by atoms with Gasteiger partial charge in [0.05, 0.1) is 24.4 Å². The Bertz CT molecular complexity index is 1080. The Hall–Kier alpha value is -2.21. The summed E-state index contributed by atoms with van der Waals surface area (Å²) in [6.07, 6.45) is 6.11. The molecule has 1 saturated carbocycles. The molecule has 2 amide bonds. The number of hydrogen-bond donors (Lipinski definition) is 5.